The van der Waals surface area contributed by atoms with E-state index >= 15 is 0 Å². The third kappa shape index (κ3) is 3.51. The summed E-state index contributed by atoms with van der Waals surface area (Å²) in [6.07, 6.45) is 1.16. The number of piperidine rings is 1. The summed E-state index contributed by atoms with van der Waals surface area (Å²) in [5, 5.41) is 8.80. The Morgan fingerprint density at radius 2 is 1.87 bits per heavy atom. The predicted octanol–water partition coefficient (Wildman–Crippen LogP) is -0.129. The summed E-state index contributed by atoms with van der Waals surface area (Å²) in [4.78, 5) is 25.9. The first kappa shape index (κ1) is 12.0. The number of carboxylic acids is 1. The summed E-state index contributed by atoms with van der Waals surface area (Å²) in [5.41, 5.74) is 0. The van der Waals surface area contributed by atoms with Crippen LogP contribution in [0.4, 0.5) is 0 Å². The van der Waals surface area contributed by atoms with Gasteiger partial charge in [0.05, 0.1) is 12.5 Å². The monoisotopic (exact) mass is 214 g/mol. The topological polar surface area (TPSA) is 60.9 Å². The normalized spacial score (nSPS) is 18.2. The number of hydrogen-bond donors (Lipinski definition) is 1. The Balaban J connectivity index is 2.37. The van der Waals surface area contributed by atoms with Crippen LogP contribution >= 0.6 is 0 Å². The average molecular weight is 214 g/mol. The molecule has 5 heteroatoms. The zero-order chi connectivity index (χ0) is 11.4. The molecule has 0 unspecified atom stereocenters. The van der Waals surface area contributed by atoms with Crippen molar-refractivity contribution in [1.82, 2.24) is 9.80 Å². The van der Waals surface area contributed by atoms with Gasteiger partial charge in [-0.2, -0.15) is 0 Å². The lowest BCUT2D eigenvalue weighted by Crippen LogP contribution is -2.43. The second kappa shape index (κ2) is 5.11. The first-order valence-corrected chi connectivity index (χ1v) is 5.16. The van der Waals surface area contributed by atoms with E-state index in [4.69, 9.17) is 5.11 Å². The summed E-state index contributed by atoms with van der Waals surface area (Å²) in [5.74, 6) is -0.924. The van der Waals surface area contributed by atoms with Crippen molar-refractivity contribution in [3.63, 3.8) is 0 Å². The molecule has 0 bridgehead atoms. The summed E-state index contributed by atoms with van der Waals surface area (Å²) >= 11 is 0. The molecule has 0 aliphatic carbocycles. The lowest BCUT2D eigenvalue weighted by molar-refractivity contribution is -0.145. The summed E-state index contributed by atoms with van der Waals surface area (Å²) in [6, 6.07) is 0. The Hall–Kier alpha value is -1.10. The molecule has 0 aromatic heterocycles. The van der Waals surface area contributed by atoms with Gasteiger partial charge in [0.15, 0.2) is 0 Å². The molecule has 1 saturated heterocycles. The number of aliphatic carboxylic acids is 1. The number of carbonyl (C=O) groups excluding carboxylic acids is 1. The molecule has 1 N–H and O–H groups in total. The molecule has 86 valence electrons. The molecule has 0 aromatic carbocycles. The third-order valence-corrected chi connectivity index (χ3v) is 2.65. The maximum absolute atomic E-state index is 11.6. The first-order valence-electron chi connectivity index (χ1n) is 5.16. The van der Waals surface area contributed by atoms with E-state index in [-0.39, 0.29) is 11.8 Å². The van der Waals surface area contributed by atoms with Crippen LogP contribution in [0.3, 0.4) is 0 Å². The SMILES string of the molecule is CN(C)CC(=O)N1CCC(C(=O)O)CC1. The molecule has 1 amide bonds. The van der Waals surface area contributed by atoms with Crippen LogP contribution in [0.1, 0.15) is 12.8 Å². The van der Waals surface area contributed by atoms with Gasteiger partial charge in [-0.1, -0.05) is 0 Å². The lowest BCUT2D eigenvalue weighted by atomic mass is 9.97. The Morgan fingerprint density at radius 1 is 1.33 bits per heavy atom. The molecule has 1 heterocycles. The quantitative estimate of drug-likeness (QED) is 0.711. The predicted molar refractivity (Wildman–Crippen MR) is 55.5 cm³/mol. The standard InChI is InChI=1S/C10H18N2O3/c1-11(2)7-9(13)12-5-3-8(4-6-12)10(14)15/h8H,3-7H2,1-2H3,(H,14,15). The minimum Gasteiger partial charge on any atom is -0.481 e. The maximum atomic E-state index is 11.6. The van der Waals surface area contributed by atoms with E-state index in [0.29, 0.717) is 32.5 Å². The highest BCUT2D eigenvalue weighted by Crippen LogP contribution is 2.17. The molecule has 1 rings (SSSR count). The van der Waals surface area contributed by atoms with Crippen LogP contribution in [0.2, 0.25) is 0 Å². The van der Waals surface area contributed by atoms with E-state index in [9.17, 15) is 9.59 Å². The second-order valence-electron chi connectivity index (χ2n) is 4.23. The van der Waals surface area contributed by atoms with Gasteiger partial charge in [0.2, 0.25) is 5.91 Å². The van der Waals surface area contributed by atoms with Crippen molar-refractivity contribution in [2.45, 2.75) is 12.8 Å². The van der Waals surface area contributed by atoms with Crippen molar-refractivity contribution >= 4 is 11.9 Å². The fraction of sp³-hybridized carbons (Fsp3) is 0.800. The molecule has 0 spiro atoms. The minimum atomic E-state index is -0.741. The number of likely N-dealkylation sites (N-methyl/N-ethyl adjacent to an activating group) is 1. The van der Waals surface area contributed by atoms with Crippen molar-refractivity contribution in [3.8, 4) is 0 Å². The minimum absolute atomic E-state index is 0.0869. The Labute approximate surface area is 89.7 Å². The first-order chi connectivity index (χ1) is 7.00. The van der Waals surface area contributed by atoms with Crippen molar-refractivity contribution in [2.24, 2.45) is 5.92 Å². The summed E-state index contributed by atoms with van der Waals surface area (Å²) < 4.78 is 0. The second-order valence-corrected chi connectivity index (χ2v) is 4.23. The van der Waals surface area contributed by atoms with Crippen LogP contribution in [0.5, 0.6) is 0 Å². The average Bonchev–Trinajstić information content (AvgIpc) is 2.17. The molecule has 0 atom stereocenters. The van der Waals surface area contributed by atoms with Gasteiger partial charge in [-0.15, -0.1) is 0 Å². The van der Waals surface area contributed by atoms with Gasteiger partial charge in [-0.3, -0.25) is 9.59 Å². The molecule has 5 nitrogen and oxygen atoms in total. The van der Waals surface area contributed by atoms with Gasteiger partial charge >= 0.3 is 5.97 Å². The zero-order valence-corrected chi connectivity index (χ0v) is 9.27. The summed E-state index contributed by atoms with van der Waals surface area (Å²) in [7, 11) is 3.70. The largest absolute Gasteiger partial charge is 0.481 e. The maximum Gasteiger partial charge on any atom is 0.306 e. The third-order valence-electron chi connectivity index (χ3n) is 2.65. The zero-order valence-electron chi connectivity index (χ0n) is 9.27. The molecule has 1 aliphatic heterocycles. The van der Waals surface area contributed by atoms with Crippen LogP contribution < -0.4 is 0 Å². The van der Waals surface area contributed by atoms with Gasteiger partial charge in [0.25, 0.3) is 0 Å². The van der Waals surface area contributed by atoms with Crippen molar-refractivity contribution < 1.29 is 14.7 Å². The number of amides is 1. The number of carbonyl (C=O) groups is 2. The van der Waals surface area contributed by atoms with E-state index in [1.165, 1.54) is 0 Å². The highest BCUT2D eigenvalue weighted by molar-refractivity contribution is 5.78. The molecule has 1 fully saturated rings. The van der Waals surface area contributed by atoms with Gasteiger partial charge in [0, 0.05) is 13.1 Å². The highest BCUT2D eigenvalue weighted by Gasteiger charge is 2.26. The number of nitrogens with zero attached hydrogens (tertiary/aromatic N) is 2. The Morgan fingerprint density at radius 3 is 2.27 bits per heavy atom. The van der Waals surface area contributed by atoms with E-state index in [1.807, 2.05) is 19.0 Å². The molecule has 15 heavy (non-hydrogen) atoms. The van der Waals surface area contributed by atoms with Crippen LogP contribution in [-0.4, -0.2) is 60.5 Å². The van der Waals surface area contributed by atoms with E-state index < -0.39 is 5.97 Å². The van der Waals surface area contributed by atoms with Crippen LogP contribution in [-0.2, 0) is 9.59 Å². The van der Waals surface area contributed by atoms with Crippen molar-refractivity contribution in [1.29, 1.82) is 0 Å². The highest BCUT2D eigenvalue weighted by atomic mass is 16.4. The number of hydrogen-bond acceptors (Lipinski definition) is 3. The lowest BCUT2D eigenvalue weighted by Gasteiger charge is -2.30. The van der Waals surface area contributed by atoms with Crippen LogP contribution in [0.25, 0.3) is 0 Å². The molecule has 1 aliphatic rings. The Kier molecular flexibility index (Phi) is 4.08. The van der Waals surface area contributed by atoms with Gasteiger partial charge in [0.1, 0.15) is 0 Å². The molecule has 0 saturated carbocycles. The van der Waals surface area contributed by atoms with Crippen molar-refractivity contribution in [3.05, 3.63) is 0 Å². The molecule has 0 radical (unpaired) electrons. The fourth-order valence-corrected chi connectivity index (χ4v) is 1.75. The van der Waals surface area contributed by atoms with Crippen LogP contribution in [0.15, 0.2) is 0 Å². The smallest absolute Gasteiger partial charge is 0.306 e. The molecular weight excluding hydrogens is 196 g/mol. The molecule has 0 aromatic rings. The number of rotatable bonds is 3. The van der Waals surface area contributed by atoms with Crippen molar-refractivity contribution in [2.75, 3.05) is 33.7 Å². The number of likely N-dealkylation sites (tertiary alicyclic amines) is 1. The number of carboxylic acid groups (broad SMARTS) is 1. The van der Waals surface area contributed by atoms with Crippen LogP contribution in [0, 0.1) is 5.92 Å². The van der Waals surface area contributed by atoms with Gasteiger partial charge in [-0.25, -0.2) is 0 Å². The molecular formula is C10H18N2O3. The van der Waals surface area contributed by atoms with E-state index in [2.05, 4.69) is 0 Å². The van der Waals surface area contributed by atoms with E-state index in [1.54, 1.807) is 4.90 Å². The van der Waals surface area contributed by atoms with Gasteiger partial charge in [-0.05, 0) is 26.9 Å². The Bertz CT molecular complexity index is 245. The fourth-order valence-electron chi connectivity index (χ4n) is 1.75. The summed E-state index contributed by atoms with van der Waals surface area (Å²) in [6.45, 7) is 1.55. The van der Waals surface area contributed by atoms with Gasteiger partial charge < -0.3 is 14.9 Å². The van der Waals surface area contributed by atoms with E-state index in [0.717, 1.165) is 0 Å².